The molecular weight excluding hydrogens is 390 g/mol. The zero-order valence-corrected chi connectivity index (χ0v) is 18.7. The number of amides is 2. The van der Waals surface area contributed by atoms with E-state index in [1.807, 2.05) is 67.3 Å². The minimum absolute atomic E-state index is 0.0414. The van der Waals surface area contributed by atoms with Crippen LogP contribution in [0.1, 0.15) is 37.4 Å². The number of ether oxygens (including phenoxy) is 1. The number of benzene rings is 2. The normalized spacial score (nSPS) is 15.5. The van der Waals surface area contributed by atoms with E-state index in [9.17, 15) is 9.59 Å². The summed E-state index contributed by atoms with van der Waals surface area (Å²) in [7, 11) is 1.69. The summed E-state index contributed by atoms with van der Waals surface area (Å²) in [5, 5.41) is 2.97. The molecule has 1 fully saturated rings. The molecule has 31 heavy (non-hydrogen) atoms. The molecule has 3 rings (SSSR count). The number of methoxy groups -OCH3 is 1. The van der Waals surface area contributed by atoms with Crippen LogP contribution in [-0.2, 0) is 16.1 Å². The first-order chi connectivity index (χ1) is 15.0. The van der Waals surface area contributed by atoms with Crippen LogP contribution in [0.15, 0.2) is 54.6 Å². The molecule has 2 aromatic carbocycles. The molecule has 1 heterocycles. The summed E-state index contributed by atoms with van der Waals surface area (Å²) in [6, 6.07) is 16.9. The van der Waals surface area contributed by atoms with Crippen molar-refractivity contribution in [3.8, 4) is 5.75 Å². The van der Waals surface area contributed by atoms with Crippen LogP contribution >= 0.6 is 0 Å². The van der Waals surface area contributed by atoms with Crippen molar-refractivity contribution in [2.75, 3.05) is 33.3 Å². The Labute approximate surface area is 185 Å². The molecule has 1 atom stereocenters. The third-order valence-corrected chi connectivity index (χ3v) is 5.55. The lowest BCUT2D eigenvalue weighted by atomic mass is 10.0. The van der Waals surface area contributed by atoms with Crippen LogP contribution in [0.5, 0.6) is 5.75 Å². The standard InChI is InChI=1S/C25H33N3O3/c1-19(2)17-23(29)26-24(20-9-5-4-6-10-20)25(30)28-15-13-27(14-16-28)18-21-11-7-8-12-22(21)31-3/h4-12,19,24H,13-18H2,1-3H3,(H,26,29). The van der Waals surface area contributed by atoms with Crippen molar-refractivity contribution in [1.29, 1.82) is 0 Å². The maximum atomic E-state index is 13.4. The predicted molar refractivity (Wildman–Crippen MR) is 122 cm³/mol. The Balaban J connectivity index is 1.64. The molecule has 1 unspecified atom stereocenters. The van der Waals surface area contributed by atoms with E-state index in [2.05, 4.69) is 16.3 Å². The summed E-state index contributed by atoms with van der Waals surface area (Å²) >= 11 is 0. The van der Waals surface area contributed by atoms with Gasteiger partial charge in [0.25, 0.3) is 0 Å². The molecule has 166 valence electrons. The molecule has 1 N–H and O–H groups in total. The van der Waals surface area contributed by atoms with E-state index < -0.39 is 6.04 Å². The van der Waals surface area contributed by atoms with Gasteiger partial charge in [-0.1, -0.05) is 62.4 Å². The van der Waals surface area contributed by atoms with Gasteiger partial charge in [-0.2, -0.15) is 0 Å². The molecule has 2 amide bonds. The highest BCUT2D eigenvalue weighted by Gasteiger charge is 2.30. The third-order valence-electron chi connectivity index (χ3n) is 5.55. The number of nitrogens with zero attached hydrogens (tertiary/aromatic N) is 2. The van der Waals surface area contributed by atoms with Crippen molar-refractivity contribution < 1.29 is 14.3 Å². The number of hydrogen-bond donors (Lipinski definition) is 1. The van der Waals surface area contributed by atoms with Gasteiger partial charge < -0.3 is 15.0 Å². The highest BCUT2D eigenvalue weighted by atomic mass is 16.5. The van der Waals surface area contributed by atoms with E-state index in [0.717, 1.165) is 36.5 Å². The third kappa shape index (κ3) is 6.31. The zero-order chi connectivity index (χ0) is 22.2. The van der Waals surface area contributed by atoms with E-state index in [0.29, 0.717) is 19.5 Å². The topological polar surface area (TPSA) is 61.9 Å². The van der Waals surface area contributed by atoms with E-state index in [1.54, 1.807) is 7.11 Å². The van der Waals surface area contributed by atoms with Crippen molar-refractivity contribution in [3.63, 3.8) is 0 Å². The number of hydrogen-bond acceptors (Lipinski definition) is 4. The summed E-state index contributed by atoms with van der Waals surface area (Å²) in [6.45, 7) is 7.63. The molecule has 1 saturated heterocycles. The van der Waals surface area contributed by atoms with E-state index in [1.165, 1.54) is 0 Å². The predicted octanol–water partition coefficient (Wildman–Crippen LogP) is 3.24. The first-order valence-corrected chi connectivity index (χ1v) is 10.9. The van der Waals surface area contributed by atoms with Gasteiger partial charge in [-0.3, -0.25) is 14.5 Å². The minimum atomic E-state index is -0.645. The Morgan fingerprint density at radius 2 is 1.61 bits per heavy atom. The van der Waals surface area contributed by atoms with Gasteiger partial charge in [0.1, 0.15) is 11.8 Å². The average Bonchev–Trinajstić information content (AvgIpc) is 2.78. The largest absolute Gasteiger partial charge is 0.496 e. The molecule has 6 nitrogen and oxygen atoms in total. The molecule has 0 spiro atoms. The van der Waals surface area contributed by atoms with Crippen LogP contribution in [-0.4, -0.2) is 54.9 Å². The monoisotopic (exact) mass is 423 g/mol. The van der Waals surface area contributed by atoms with Gasteiger partial charge in [-0.25, -0.2) is 0 Å². The van der Waals surface area contributed by atoms with E-state index >= 15 is 0 Å². The molecule has 0 aromatic heterocycles. The number of carbonyl (C=O) groups is 2. The lowest BCUT2D eigenvalue weighted by molar-refractivity contribution is -0.138. The van der Waals surface area contributed by atoms with Crippen LogP contribution < -0.4 is 10.1 Å². The van der Waals surface area contributed by atoms with Crippen LogP contribution in [0, 0.1) is 5.92 Å². The van der Waals surface area contributed by atoms with Crippen molar-refractivity contribution in [2.45, 2.75) is 32.9 Å². The molecule has 1 aliphatic heterocycles. The molecule has 6 heteroatoms. The van der Waals surface area contributed by atoms with Crippen LogP contribution in [0.2, 0.25) is 0 Å². The van der Waals surface area contributed by atoms with Crippen molar-refractivity contribution in [3.05, 3.63) is 65.7 Å². The molecule has 0 bridgehead atoms. The van der Waals surface area contributed by atoms with Crippen molar-refractivity contribution in [1.82, 2.24) is 15.1 Å². The van der Waals surface area contributed by atoms with Crippen LogP contribution in [0.3, 0.4) is 0 Å². The quantitative estimate of drug-likeness (QED) is 0.708. The van der Waals surface area contributed by atoms with Gasteiger partial charge in [0, 0.05) is 44.7 Å². The fourth-order valence-electron chi connectivity index (χ4n) is 3.91. The fourth-order valence-corrected chi connectivity index (χ4v) is 3.91. The summed E-state index contributed by atoms with van der Waals surface area (Å²) in [5.41, 5.74) is 1.97. The molecular formula is C25H33N3O3. The Bertz CT molecular complexity index is 861. The molecule has 1 aliphatic rings. The minimum Gasteiger partial charge on any atom is -0.496 e. The van der Waals surface area contributed by atoms with Gasteiger partial charge in [-0.05, 0) is 17.5 Å². The summed E-state index contributed by atoms with van der Waals surface area (Å²) < 4.78 is 5.46. The number of piperazine rings is 1. The van der Waals surface area contributed by atoms with Gasteiger partial charge in [0.15, 0.2) is 0 Å². The Kier molecular flexibility index (Phi) is 8.06. The molecule has 0 aliphatic carbocycles. The Morgan fingerprint density at radius 3 is 2.26 bits per heavy atom. The highest BCUT2D eigenvalue weighted by Crippen LogP contribution is 2.22. The Morgan fingerprint density at radius 1 is 0.968 bits per heavy atom. The second kappa shape index (κ2) is 11.0. The SMILES string of the molecule is COc1ccccc1CN1CCN(C(=O)C(NC(=O)CC(C)C)c2ccccc2)CC1. The lowest BCUT2D eigenvalue weighted by Crippen LogP contribution is -2.51. The van der Waals surface area contributed by atoms with Crippen molar-refractivity contribution >= 4 is 11.8 Å². The van der Waals surface area contributed by atoms with Gasteiger partial charge in [-0.15, -0.1) is 0 Å². The van der Waals surface area contributed by atoms with Gasteiger partial charge in [0.2, 0.25) is 11.8 Å². The average molecular weight is 424 g/mol. The van der Waals surface area contributed by atoms with Crippen molar-refractivity contribution in [2.24, 2.45) is 5.92 Å². The zero-order valence-electron chi connectivity index (χ0n) is 18.7. The second-order valence-electron chi connectivity index (χ2n) is 8.42. The first kappa shape index (κ1) is 22.8. The van der Waals surface area contributed by atoms with Crippen LogP contribution in [0.4, 0.5) is 0 Å². The molecule has 2 aromatic rings. The molecule has 0 saturated carbocycles. The fraction of sp³-hybridized carbons (Fsp3) is 0.440. The highest BCUT2D eigenvalue weighted by molar-refractivity contribution is 5.88. The molecule has 0 radical (unpaired) electrons. The van der Waals surface area contributed by atoms with Gasteiger partial charge >= 0.3 is 0 Å². The lowest BCUT2D eigenvalue weighted by Gasteiger charge is -2.36. The summed E-state index contributed by atoms with van der Waals surface area (Å²) in [6.07, 6.45) is 0.406. The summed E-state index contributed by atoms with van der Waals surface area (Å²) in [5.74, 6) is 0.996. The number of rotatable bonds is 8. The number of nitrogens with one attached hydrogen (secondary N) is 1. The van der Waals surface area contributed by atoms with E-state index in [4.69, 9.17) is 4.74 Å². The van der Waals surface area contributed by atoms with E-state index in [-0.39, 0.29) is 17.7 Å². The Hall–Kier alpha value is -2.86. The smallest absolute Gasteiger partial charge is 0.249 e. The van der Waals surface area contributed by atoms with Gasteiger partial charge in [0.05, 0.1) is 7.11 Å². The first-order valence-electron chi connectivity index (χ1n) is 10.9. The number of carbonyl (C=O) groups excluding carboxylic acids is 2. The summed E-state index contributed by atoms with van der Waals surface area (Å²) in [4.78, 5) is 30.0. The maximum Gasteiger partial charge on any atom is 0.249 e. The maximum absolute atomic E-state index is 13.4. The second-order valence-corrected chi connectivity index (χ2v) is 8.42. The van der Waals surface area contributed by atoms with Crippen LogP contribution in [0.25, 0.3) is 0 Å². The number of para-hydroxylation sites is 1.